The smallest absolute Gasteiger partial charge is 0.357 e. The van der Waals surface area contributed by atoms with Gasteiger partial charge < -0.3 is 4.74 Å². The average molecular weight is 237 g/mol. The number of esters is 1. The minimum Gasteiger partial charge on any atom is -0.461 e. The SMILES string of the molecule is CCOC(=O)C1=NC2=NC(SC)=NC2=C1C. The lowest BCUT2D eigenvalue weighted by Crippen LogP contribution is -2.17. The van der Waals surface area contributed by atoms with Gasteiger partial charge in [-0.05, 0) is 20.1 Å². The van der Waals surface area contributed by atoms with Crippen molar-refractivity contribution < 1.29 is 9.53 Å². The molecule has 0 fully saturated rings. The van der Waals surface area contributed by atoms with Crippen LogP contribution in [0.25, 0.3) is 0 Å². The zero-order chi connectivity index (χ0) is 11.7. The fraction of sp³-hybridized carbons (Fsp3) is 0.400. The fourth-order valence-corrected chi connectivity index (χ4v) is 1.80. The van der Waals surface area contributed by atoms with Crippen molar-refractivity contribution in [2.45, 2.75) is 13.8 Å². The predicted molar refractivity (Wildman–Crippen MR) is 65.2 cm³/mol. The first kappa shape index (κ1) is 11.1. The van der Waals surface area contributed by atoms with Crippen molar-refractivity contribution in [3.05, 3.63) is 11.3 Å². The molecular formula is C10H11N3O2S. The van der Waals surface area contributed by atoms with Crippen LogP contribution in [0.5, 0.6) is 0 Å². The number of carbonyl (C=O) groups excluding carboxylic acids is 1. The highest BCUT2D eigenvalue weighted by Gasteiger charge is 2.30. The third-order valence-corrected chi connectivity index (χ3v) is 2.75. The molecule has 0 amide bonds. The Hall–Kier alpha value is -1.43. The lowest BCUT2D eigenvalue weighted by Gasteiger charge is -2.01. The topological polar surface area (TPSA) is 63.4 Å². The zero-order valence-corrected chi connectivity index (χ0v) is 10.1. The van der Waals surface area contributed by atoms with Gasteiger partial charge in [0.25, 0.3) is 0 Å². The Morgan fingerprint density at radius 3 is 2.69 bits per heavy atom. The summed E-state index contributed by atoms with van der Waals surface area (Å²) in [5.41, 5.74) is 1.74. The molecule has 2 heterocycles. The van der Waals surface area contributed by atoms with Crippen LogP contribution in [0.2, 0.25) is 0 Å². The Morgan fingerprint density at radius 1 is 1.38 bits per heavy atom. The number of amidine groups is 2. The normalized spacial score (nSPS) is 18.1. The number of aliphatic imine (C=N–C) groups is 3. The van der Waals surface area contributed by atoms with Crippen molar-refractivity contribution in [3.63, 3.8) is 0 Å². The maximum atomic E-state index is 11.5. The van der Waals surface area contributed by atoms with Gasteiger partial charge in [0.05, 0.1) is 6.61 Å². The van der Waals surface area contributed by atoms with Gasteiger partial charge in [0.1, 0.15) is 5.70 Å². The minimum absolute atomic E-state index is 0.319. The van der Waals surface area contributed by atoms with Crippen LogP contribution in [0.3, 0.4) is 0 Å². The van der Waals surface area contributed by atoms with Crippen molar-refractivity contribution >= 4 is 34.4 Å². The van der Waals surface area contributed by atoms with Crippen molar-refractivity contribution in [2.75, 3.05) is 12.9 Å². The Kier molecular flexibility index (Phi) is 2.91. The summed E-state index contributed by atoms with van der Waals surface area (Å²) in [6, 6.07) is 0. The van der Waals surface area contributed by atoms with E-state index in [1.807, 2.05) is 6.26 Å². The molecule has 0 aromatic rings. The molecule has 16 heavy (non-hydrogen) atoms. The van der Waals surface area contributed by atoms with E-state index in [9.17, 15) is 4.79 Å². The van der Waals surface area contributed by atoms with E-state index >= 15 is 0 Å². The first-order chi connectivity index (χ1) is 7.67. The number of ether oxygens (including phenoxy) is 1. The standard InChI is InChI=1S/C10H11N3O2S/c1-4-15-9(14)7-5(2)6-8(11-7)13-10(12-6)16-3/h4H2,1-3H3. The molecule has 5 nitrogen and oxygen atoms in total. The van der Waals surface area contributed by atoms with Gasteiger partial charge in [-0.15, -0.1) is 0 Å². The van der Waals surface area contributed by atoms with Gasteiger partial charge in [-0.2, -0.15) is 0 Å². The summed E-state index contributed by atoms with van der Waals surface area (Å²) in [4.78, 5) is 24.1. The van der Waals surface area contributed by atoms with Gasteiger partial charge in [-0.1, -0.05) is 11.8 Å². The van der Waals surface area contributed by atoms with Gasteiger partial charge in [0, 0.05) is 5.57 Å². The number of carbonyl (C=O) groups is 1. The lowest BCUT2D eigenvalue weighted by atomic mass is 10.2. The second kappa shape index (κ2) is 4.21. The lowest BCUT2D eigenvalue weighted by molar-refractivity contribution is -0.134. The number of rotatable bonds is 2. The molecule has 0 spiro atoms. The summed E-state index contributed by atoms with van der Waals surface area (Å²) in [6.45, 7) is 3.91. The Morgan fingerprint density at radius 2 is 2.12 bits per heavy atom. The summed E-state index contributed by atoms with van der Waals surface area (Å²) in [5, 5.41) is 0.677. The van der Waals surface area contributed by atoms with Crippen molar-refractivity contribution in [1.29, 1.82) is 0 Å². The highest BCUT2D eigenvalue weighted by Crippen LogP contribution is 2.26. The number of hydrogen-bond acceptors (Lipinski definition) is 6. The number of hydrogen-bond donors (Lipinski definition) is 0. The minimum atomic E-state index is -0.412. The molecule has 0 saturated heterocycles. The highest BCUT2D eigenvalue weighted by atomic mass is 32.2. The fourth-order valence-electron chi connectivity index (χ4n) is 1.44. The first-order valence-electron chi connectivity index (χ1n) is 4.86. The van der Waals surface area contributed by atoms with Gasteiger partial charge >= 0.3 is 5.97 Å². The molecule has 2 aliphatic rings. The van der Waals surface area contributed by atoms with E-state index in [1.54, 1.807) is 13.8 Å². The molecule has 2 rings (SSSR count). The van der Waals surface area contributed by atoms with Crippen LogP contribution in [-0.4, -0.2) is 35.5 Å². The number of nitrogens with zero attached hydrogens (tertiary/aromatic N) is 3. The van der Waals surface area contributed by atoms with E-state index < -0.39 is 5.97 Å². The van der Waals surface area contributed by atoms with Crippen LogP contribution < -0.4 is 0 Å². The van der Waals surface area contributed by atoms with Gasteiger partial charge in [0.15, 0.2) is 16.7 Å². The Labute approximate surface area is 97.4 Å². The van der Waals surface area contributed by atoms with Gasteiger partial charge in [-0.3, -0.25) is 0 Å². The maximum Gasteiger partial charge on any atom is 0.357 e. The van der Waals surface area contributed by atoms with E-state index in [4.69, 9.17) is 4.74 Å². The Balaban J connectivity index is 2.29. The summed E-state index contributed by atoms with van der Waals surface area (Å²) in [7, 11) is 0. The van der Waals surface area contributed by atoms with Crippen molar-refractivity contribution in [1.82, 2.24) is 0 Å². The molecule has 0 aromatic heterocycles. The largest absolute Gasteiger partial charge is 0.461 e. The van der Waals surface area contributed by atoms with E-state index in [2.05, 4.69) is 15.0 Å². The van der Waals surface area contributed by atoms with Crippen LogP contribution in [0.1, 0.15) is 13.8 Å². The molecule has 0 saturated carbocycles. The molecule has 0 radical (unpaired) electrons. The summed E-state index contributed by atoms with van der Waals surface area (Å²) >= 11 is 1.45. The van der Waals surface area contributed by atoms with Crippen LogP contribution in [0.15, 0.2) is 26.2 Å². The second-order valence-electron chi connectivity index (χ2n) is 3.19. The van der Waals surface area contributed by atoms with Crippen LogP contribution in [-0.2, 0) is 9.53 Å². The zero-order valence-electron chi connectivity index (χ0n) is 9.27. The van der Waals surface area contributed by atoms with Crippen molar-refractivity contribution in [2.24, 2.45) is 15.0 Å². The van der Waals surface area contributed by atoms with Gasteiger partial charge in [0.2, 0.25) is 0 Å². The molecule has 0 bridgehead atoms. The molecule has 0 atom stereocenters. The number of fused-ring (bicyclic) bond motifs is 1. The summed E-state index contributed by atoms with van der Waals surface area (Å²) in [5.74, 6) is 0.107. The third-order valence-electron chi connectivity index (χ3n) is 2.20. The molecule has 0 N–H and O–H groups in total. The van der Waals surface area contributed by atoms with E-state index in [-0.39, 0.29) is 0 Å². The second-order valence-corrected chi connectivity index (χ2v) is 3.96. The molecule has 84 valence electrons. The molecule has 0 aromatic carbocycles. The molecular weight excluding hydrogens is 226 g/mol. The third kappa shape index (κ3) is 1.69. The quantitative estimate of drug-likeness (QED) is 0.682. The molecule has 0 unspecified atom stereocenters. The maximum absolute atomic E-state index is 11.5. The van der Waals surface area contributed by atoms with Crippen LogP contribution in [0, 0.1) is 0 Å². The van der Waals surface area contributed by atoms with E-state index in [0.29, 0.717) is 29.0 Å². The molecule has 2 aliphatic heterocycles. The van der Waals surface area contributed by atoms with Crippen molar-refractivity contribution in [3.8, 4) is 0 Å². The van der Waals surface area contributed by atoms with E-state index in [1.165, 1.54) is 11.8 Å². The molecule has 0 aliphatic carbocycles. The summed E-state index contributed by atoms with van der Waals surface area (Å²) in [6.07, 6.45) is 1.90. The molecule has 6 heteroatoms. The predicted octanol–water partition coefficient (Wildman–Crippen LogP) is 1.41. The van der Waals surface area contributed by atoms with Crippen LogP contribution >= 0.6 is 11.8 Å². The number of thioether (sulfide) groups is 1. The Bertz CT molecular complexity index is 474. The first-order valence-corrected chi connectivity index (χ1v) is 6.08. The van der Waals surface area contributed by atoms with Gasteiger partial charge in [-0.25, -0.2) is 19.8 Å². The monoisotopic (exact) mass is 237 g/mol. The van der Waals surface area contributed by atoms with E-state index in [0.717, 1.165) is 5.57 Å². The average Bonchev–Trinajstić information content (AvgIpc) is 2.79. The van der Waals surface area contributed by atoms with Crippen LogP contribution in [0.4, 0.5) is 0 Å². The highest BCUT2D eigenvalue weighted by molar-refractivity contribution is 8.13. The summed E-state index contributed by atoms with van der Waals surface area (Å²) < 4.78 is 4.90.